The molecule has 1 fully saturated rings. The first kappa shape index (κ1) is 13.8. The fourth-order valence-corrected chi connectivity index (χ4v) is 2.44. The molecule has 2 aromatic heterocycles. The van der Waals surface area contributed by atoms with Crippen LogP contribution in [-0.4, -0.2) is 50.2 Å². The van der Waals surface area contributed by atoms with Gasteiger partial charge in [-0.25, -0.2) is 4.98 Å². The third-order valence-corrected chi connectivity index (χ3v) is 3.66. The van der Waals surface area contributed by atoms with Gasteiger partial charge >= 0.3 is 0 Å². The number of likely N-dealkylation sites (tertiary alicyclic amines) is 1. The smallest absolute Gasteiger partial charge is 0.291 e. The van der Waals surface area contributed by atoms with Crippen LogP contribution in [0.3, 0.4) is 0 Å². The van der Waals surface area contributed by atoms with Crippen LogP contribution in [-0.2, 0) is 0 Å². The minimum Gasteiger partial charge on any atom is -0.489 e. The number of piperidine rings is 1. The molecule has 7 nitrogen and oxygen atoms in total. The molecule has 8 heteroatoms. The maximum atomic E-state index is 12.1. The molecular weight excluding hydrogens is 294 g/mol. The van der Waals surface area contributed by atoms with E-state index >= 15 is 0 Å². The molecule has 3 heterocycles. The number of hydrogen-bond donors (Lipinski definition) is 1. The largest absolute Gasteiger partial charge is 0.489 e. The lowest BCUT2D eigenvalue weighted by molar-refractivity contribution is 0.0585. The molecule has 0 aromatic carbocycles. The number of aromatic nitrogens is 4. The van der Waals surface area contributed by atoms with Crippen molar-refractivity contribution in [3.8, 4) is 5.75 Å². The summed E-state index contributed by atoms with van der Waals surface area (Å²) in [5, 5.41) is 6.77. The zero-order chi connectivity index (χ0) is 14.7. The van der Waals surface area contributed by atoms with E-state index in [-0.39, 0.29) is 17.8 Å². The number of H-pyrrole nitrogens is 1. The summed E-state index contributed by atoms with van der Waals surface area (Å²) in [7, 11) is 0. The van der Waals surface area contributed by atoms with Crippen LogP contribution in [0.15, 0.2) is 24.8 Å². The lowest BCUT2D eigenvalue weighted by Gasteiger charge is -2.31. The number of rotatable bonds is 3. The van der Waals surface area contributed by atoms with Crippen LogP contribution in [0, 0.1) is 0 Å². The molecule has 21 heavy (non-hydrogen) atoms. The summed E-state index contributed by atoms with van der Waals surface area (Å²) in [4.78, 5) is 21.6. The summed E-state index contributed by atoms with van der Waals surface area (Å²) in [5.41, 5.74) is 0. The number of ether oxygens (including phenoxy) is 1. The lowest BCUT2D eigenvalue weighted by atomic mass is 10.1. The van der Waals surface area contributed by atoms with Crippen molar-refractivity contribution in [2.45, 2.75) is 18.9 Å². The fraction of sp³-hybridized carbons (Fsp3) is 0.385. The van der Waals surface area contributed by atoms with E-state index < -0.39 is 0 Å². The molecule has 0 spiro atoms. The number of carbonyl (C=O) groups is 1. The molecule has 0 unspecified atom stereocenters. The van der Waals surface area contributed by atoms with Gasteiger partial charge in [0.25, 0.3) is 5.91 Å². The molecule has 1 saturated heterocycles. The molecule has 1 aliphatic rings. The van der Waals surface area contributed by atoms with Gasteiger partial charge < -0.3 is 9.64 Å². The Hall–Kier alpha value is -2.15. The van der Waals surface area contributed by atoms with Gasteiger partial charge in [0.1, 0.15) is 23.2 Å². The SMILES string of the molecule is O=C(c1ncn[nH]1)N1CCC(Oc2ccncc2Cl)CC1. The van der Waals surface area contributed by atoms with Crippen LogP contribution in [0.4, 0.5) is 0 Å². The van der Waals surface area contributed by atoms with Crippen LogP contribution in [0.25, 0.3) is 0 Å². The molecule has 1 amide bonds. The van der Waals surface area contributed by atoms with E-state index in [1.54, 1.807) is 23.4 Å². The molecule has 0 radical (unpaired) electrons. The predicted molar refractivity (Wildman–Crippen MR) is 75.2 cm³/mol. The Morgan fingerprint density at radius 3 is 2.90 bits per heavy atom. The van der Waals surface area contributed by atoms with E-state index in [2.05, 4.69) is 20.2 Å². The van der Waals surface area contributed by atoms with Crippen molar-refractivity contribution in [3.63, 3.8) is 0 Å². The molecule has 0 bridgehead atoms. The summed E-state index contributed by atoms with van der Waals surface area (Å²) >= 11 is 6.02. The highest BCUT2D eigenvalue weighted by Crippen LogP contribution is 2.26. The number of nitrogens with zero attached hydrogens (tertiary/aromatic N) is 4. The maximum absolute atomic E-state index is 12.1. The minimum atomic E-state index is -0.132. The van der Waals surface area contributed by atoms with Crippen molar-refractivity contribution in [3.05, 3.63) is 35.6 Å². The minimum absolute atomic E-state index is 0.0451. The zero-order valence-corrected chi connectivity index (χ0v) is 12.0. The summed E-state index contributed by atoms with van der Waals surface area (Å²) in [6.45, 7) is 1.24. The highest BCUT2D eigenvalue weighted by atomic mass is 35.5. The topological polar surface area (TPSA) is 84.0 Å². The van der Waals surface area contributed by atoms with Crippen LogP contribution in [0.2, 0.25) is 5.02 Å². The predicted octanol–water partition coefficient (Wildman–Crippen LogP) is 1.54. The van der Waals surface area contributed by atoms with E-state index in [1.807, 2.05) is 0 Å². The standard InChI is InChI=1S/C13H14ClN5O2/c14-10-7-15-4-1-11(10)21-9-2-5-19(6-3-9)13(20)12-16-8-17-18-12/h1,4,7-9H,2-3,5-6H2,(H,16,17,18). The van der Waals surface area contributed by atoms with Crippen molar-refractivity contribution in [1.82, 2.24) is 25.1 Å². The van der Waals surface area contributed by atoms with Crippen molar-refractivity contribution in [1.29, 1.82) is 0 Å². The van der Waals surface area contributed by atoms with Crippen LogP contribution >= 0.6 is 11.6 Å². The Kier molecular flexibility index (Phi) is 4.01. The maximum Gasteiger partial charge on any atom is 0.291 e. The molecule has 0 aliphatic carbocycles. The number of carbonyl (C=O) groups excluding carboxylic acids is 1. The Labute approximate surface area is 126 Å². The monoisotopic (exact) mass is 307 g/mol. The number of halogens is 1. The van der Waals surface area contributed by atoms with Gasteiger partial charge in [-0.05, 0) is 0 Å². The van der Waals surface area contributed by atoms with Crippen LogP contribution in [0.5, 0.6) is 5.75 Å². The fourth-order valence-electron chi connectivity index (χ4n) is 2.27. The van der Waals surface area contributed by atoms with Crippen molar-refractivity contribution in [2.24, 2.45) is 0 Å². The first-order valence-corrected chi connectivity index (χ1v) is 7.02. The molecule has 3 rings (SSSR count). The van der Waals surface area contributed by atoms with Crippen LogP contribution < -0.4 is 4.74 Å². The molecule has 1 aliphatic heterocycles. The average Bonchev–Trinajstić information content (AvgIpc) is 3.04. The average molecular weight is 308 g/mol. The van der Waals surface area contributed by atoms with Gasteiger partial charge in [0.2, 0.25) is 5.82 Å². The van der Waals surface area contributed by atoms with Gasteiger partial charge in [-0.15, -0.1) is 0 Å². The summed E-state index contributed by atoms with van der Waals surface area (Å²) < 4.78 is 5.86. The van der Waals surface area contributed by atoms with E-state index in [0.717, 1.165) is 12.8 Å². The van der Waals surface area contributed by atoms with Gasteiger partial charge in [-0.3, -0.25) is 14.9 Å². The van der Waals surface area contributed by atoms with E-state index in [9.17, 15) is 4.79 Å². The first-order valence-electron chi connectivity index (χ1n) is 6.65. The van der Waals surface area contributed by atoms with Gasteiger partial charge in [0.05, 0.1) is 0 Å². The second kappa shape index (κ2) is 6.09. The zero-order valence-electron chi connectivity index (χ0n) is 11.2. The van der Waals surface area contributed by atoms with E-state index in [1.165, 1.54) is 6.33 Å². The molecule has 110 valence electrons. The van der Waals surface area contributed by atoms with Crippen molar-refractivity contribution < 1.29 is 9.53 Å². The second-order valence-corrected chi connectivity index (χ2v) is 5.16. The number of hydrogen-bond acceptors (Lipinski definition) is 5. The molecule has 0 saturated carbocycles. The molecule has 2 aromatic rings. The molecular formula is C13H14ClN5O2. The van der Waals surface area contributed by atoms with E-state index in [4.69, 9.17) is 16.3 Å². The second-order valence-electron chi connectivity index (χ2n) is 4.75. The number of nitrogens with one attached hydrogen (secondary N) is 1. The third-order valence-electron chi connectivity index (χ3n) is 3.38. The lowest BCUT2D eigenvalue weighted by Crippen LogP contribution is -2.42. The third kappa shape index (κ3) is 3.13. The molecule has 0 atom stereocenters. The highest BCUT2D eigenvalue weighted by molar-refractivity contribution is 6.31. The Morgan fingerprint density at radius 1 is 1.43 bits per heavy atom. The summed E-state index contributed by atoms with van der Waals surface area (Å²) in [6, 6.07) is 1.74. The van der Waals surface area contributed by atoms with Crippen molar-refractivity contribution in [2.75, 3.05) is 13.1 Å². The summed E-state index contributed by atoms with van der Waals surface area (Å²) in [6.07, 6.45) is 6.07. The number of amides is 1. The Morgan fingerprint density at radius 2 is 2.24 bits per heavy atom. The quantitative estimate of drug-likeness (QED) is 0.929. The van der Waals surface area contributed by atoms with Gasteiger partial charge in [-0.2, -0.15) is 5.10 Å². The molecule has 1 N–H and O–H groups in total. The van der Waals surface area contributed by atoms with E-state index in [0.29, 0.717) is 23.9 Å². The van der Waals surface area contributed by atoms with Crippen LogP contribution in [0.1, 0.15) is 23.5 Å². The Bertz CT molecular complexity index is 611. The number of pyridine rings is 1. The van der Waals surface area contributed by atoms with Gasteiger partial charge in [-0.1, -0.05) is 11.6 Å². The normalized spacial score (nSPS) is 16.0. The van der Waals surface area contributed by atoms with Crippen molar-refractivity contribution >= 4 is 17.5 Å². The Balaban J connectivity index is 1.56. The van der Waals surface area contributed by atoms with Gasteiger partial charge in [0, 0.05) is 44.4 Å². The highest BCUT2D eigenvalue weighted by Gasteiger charge is 2.26. The van der Waals surface area contributed by atoms with Gasteiger partial charge in [0.15, 0.2) is 0 Å². The summed E-state index contributed by atoms with van der Waals surface area (Å²) in [5.74, 6) is 0.770. The first-order chi connectivity index (χ1) is 10.2. The number of aromatic amines is 1.